The van der Waals surface area contributed by atoms with Crippen LogP contribution in [-0.4, -0.2) is 4.98 Å². The van der Waals surface area contributed by atoms with Crippen LogP contribution in [0, 0.1) is 0 Å². The van der Waals surface area contributed by atoms with Crippen LogP contribution in [0.4, 0.5) is 0 Å². The maximum atomic E-state index is 6.14. The second-order valence-corrected chi connectivity index (χ2v) is 6.05. The molecular weight excluding hydrogens is 394 g/mol. The lowest BCUT2D eigenvalue weighted by atomic mass is 10.1. The van der Waals surface area contributed by atoms with Gasteiger partial charge in [0.25, 0.3) is 0 Å². The number of aromatic nitrogens is 1. The molecule has 0 fully saturated rings. The van der Waals surface area contributed by atoms with Crippen molar-refractivity contribution >= 4 is 81.2 Å². The summed E-state index contributed by atoms with van der Waals surface area (Å²) in [5.41, 5.74) is 0.818. The highest BCUT2D eigenvalue weighted by Crippen LogP contribution is 2.49. The number of halogens is 7. The Kier molecular flexibility index (Phi) is 5.01. The molecule has 1 heterocycles. The summed E-state index contributed by atoms with van der Waals surface area (Å²) >= 11 is 41.9. The summed E-state index contributed by atoms with van der Waals surface area (Å²) in [6.45, 7) is 0. The monoisotopic (exact) mass is 393 g/mol. The number of rotatable bonds is 1. The summed E-state index contributed by atoms with van der Waals surface area (Å²) in [6, 6.07) is 3.16. The molecule has 0 atom stereocenters. The number of hydrogen-bond donors (Lipinski definition) is 0. The van der Waals surface area contributed by atoms with Crippen molar-refractivity contribution in [2.45, 2.75) is 0 Å². The Hall–Kier alpha value is 0.400. The van der Waals surface area contributed by atoms with Crippen molar-refractivity contribution in [3.63, 3.8) is 0 Å². The molecule has 2 aromatic rings. The molecule has 1 aromatic heterocycles. The van der Waals surface area contributed by atoms with Gasteiger partial charge in [0.2, 0.25) is 0 Å². The normalized spacial score (nSPS) is 10.9. The van der Waals surface area contributed by atoms with E-state index in [9.17, 15) is 0 Å². The van der Waals surface area contributed by atoms with E-state index in [-0.39, 0.29) is 35.4 Å². The molecule has 2 rings (SSSR count). The van der Waals surface area contributed by atoms with Crippen molar-refractivity contribution in [1.82, 2.24) is 4.98 Å². The van der Waals surface area contributed by atoms with Crippen LogP contribution in [0.15, 0.2) is 12.1 Å². The molecular formula is C11H2Cl7N. The second-order valence-electron chi connectivity index (χ2n) is 3.42. The van der Waals surface area contributed by atoms with E-state index < -0.39 is 0 Å². The Bertz CT molecular complexity index is 640. The minimum atomic E-state index is 0.0835. The molecule has 0 spiro atoms. The predicted molar refractivity (Wildman–Crippen MR) is 84.7 cm³/mol. The molecule has 0 unspecified atom stereocenters. The first kappa shape index (κ1) is 15.8. The van der Waals surface area contributed by atoms with E-state index in [0.29, 0.717) is 11.1 Å². The zero-order valence-corrected chi connectivity index (χ0v) is 14.0. The molecule has 0 saturated heterocycles. The lowest BCUT2D eigenvalue weighted by molar-refractivity contribution is 1.33. The van der Waals surface area contributed by atoms with Crippen LogP contribution in [0.2, 0.25) is 35.4 Å². The van der Waals surface area contributed by atoms with Crippen molar-refractivity contribution in [2.75, 3.05) is 0 Å². The van der Waals surface area contributed by atoms with E-state index in [1.165, 1.54) is 0 Å². The van der Waals surface area contributed by atoms with Gasteiger partial charge in [-0.05, 0) is 12.1 Å². The third-order valence-electron chi connectivity index (χ3n) is 2.29. The Morgan fingerprint density at radius 3 is 1.58 bits per heavy atom. The van der Waals surface area contributed by atoms with Gasteiger partial charge >= 0.3 is 0 Å². The molecule has 0 amide bonds. The highest BCUT2D eigenvalue weighted by molar-refractivity contribution is 6.56. The quantitative estimate of drug-likeness (QED) is 0.280. The molecule has 0 saturated carbocycles. The molecule has 100 valence electrons. The Morgan fingerprint density at radius 1 is 0.632 bits per heavy atom. The Labute approximate surface area is 144 Å². The standard InChI is InChI=1S/C11H2Cl7N/c12-4-2-1-3(11(18)19-4)5-6(13)8(15)10(17)9(16)7(5)14/h1-2H. The molecule has 0 radical (unpaired) electrons. The molecule has 0 aliphatic heterocycles. The number of benzene rings is 1. The topological polar surface area (TPSA) is 12.9 Å². The van der Waals surface area contributed by atoms with Gasteiger partial charge in [0, 0.05) is 11.1 Å². The fourth-order valence-corrected chi connectivity index (χ4v) is 3.22. The van der Waals surface area contributed by atoms with Gasteiger partial charge in [0.05, 0.1) is 25.1 Å². The van der Waals surface area contributed by atoms with Crippen LogP contribution in [0.1, 0.15) is 0 Å². The number of nitrogens with zero attached hydrogens (tertiary/aromatic N) is 1. The van der Waals surface area contributed by atoms with Gasteiger partial charge in [0.1, 0.15) is 10.3 Å². The van der Waals surface area contributed by atoms with E-state index in [2.05, 4.69) is 4.98 Å². The van der Waals surface area contributed by atoms with Crippen LogP contribution >= 0.6 is 81.2 Å². The molecule has 1 aromatic carbocycles. The lowest BCUT2D eigenvalue weighted by Crippen LogP contribution is -1.89. The third-order valence-corrected chi connectivity index (χ3v) is 5.07. The van der Waals surface area contributed by atoms with E-state index in [4.69, 9.17) is 81.2 Å². The van der Waals surface area contributed by atoms with Crippen molar-refractivity contribution < 1.29 is 0 Å². The fraction of sp³-hybridized carbons (Fsp3) is 0. The first-order valence-corrected chi connectivity index (χ1v) is 7.33. The molecule has 0 bridgehead atoms. The average molecular weight is 396 g/mol. The smallest absolute Gasteiger partial charge is 0.138 e. The minimum absolute atomic E-state index is 0.0835. The van der Waals surface area contributed by atoms with Gasteiger partial charge in [-0.25, -0.2) is 4.98 Å². The summed E-state index contributed by atoms with van der Waals surface area (Å²) in [7, 11) is 0. The fourth-order valence-electron chi connectivity index (χ4n) is 1.44. The third kappa shape index (κ3) is 2.89. The summed E-state index contributed by atoms with van der Waals surface area (Å²) in [6.07, 6.45) is 0. The summed E-state index contributed by atoms with van der Waals surface area (Å²) < 4.78 is 0. The molecule has 0 aliphatic rings. The highest BCUT2D eigenvalue weighted by atomic mass is 35.5. The molecule has 1 nitrogen and oxygen atoms in total. The highest BCUT2D eigenvalue weighted by Gasteiger charge is 2.22. The molecule has 0 N–H and O–H groups in total. The lowest BCUT2D eigenvalue weighted by Gasteiger charge is -2.13. The van der Waals surface area contributed by atoms with Crippen LogP contribution in [-0.2, 0) is 0 Å². The van der Waals surface area contributed by atoms with Gasteiger partial charge in [-0.15, -0.1) is 0 Å². The predicted octanol–water partition coefficient (Wildman–Crippen LogP) is 7.32. The van der Waals surface area contributed by atoms with E-state index in [1.54, 1.807) is 12.1 Å². The molecule has 19 heavy (non-hydrogen) atoms. The van der Waals surface area contributed by atoms with E-state index >= 15 is 0 Å². The van der Waals surface area contributed by atoms with Crippen LogP contribution in [0.3, 0.4) is 0 Å². The average Bonchev–Trinajstić information content (AvgIpc) is 2.37. The van der Waals surface area contributed by atoms with E-state index in [1.807, 2.05) is 0 Å². The number of hydrogen-bond acceptors (Lipinski definition) is 1. The zero-order chi connectivity index (χ0) is 14.3. The zero-order valence-electron chi connectivity index (χ0n) is 8.75. The number of pyridine rings is 1. The van der Waals surface area contributed by atoms with Crippen LogP contribution in [0.5, 0.6) is 0 Å². The van der Waals surface area contributed by atoms with Crippen molar-refractivity contribution in [2.24, 2.45) is 0 Å². The maximum absolute atomic E-state index is 6.14. The summed E-state index contributed by atoms with van der Waals surface area (Å²) in [5.74, 6) is 0. The Balaban J connectivity index is 2.83. The maximum Gasteiger partial charge on any atom is 0.138 e. The first-order chi connectivity index (χ1) is 8.84. The van der Waals surface area contributed by atoms with Gasteiger partial charge in [-0.3, -0.25) is 0 Å². The van der Waals surface area contributed by atoms with Crippen molar-refractivity contribution in [3.05, 3.63) is 47.6 Å². The Morgan fingerprint density at radius 2 is 1.11 bits per heavy atom. The van der Waals surface area contributed by atoms with Crippen molar-refractivity contribution in [1.29, 1.82) is 0 Å². The van der Waals surface area contributed by atoms with Gasteiger partial charge in [-0.2, -0.15) is 0 Å². The second kappa shape index (κ2) is 6.03. The molecule has 0 aliphatic carbocycles. The van der Waals surface area contributed by atoms with Crippen LogP contribution in [0.25, 0.3) is 11.1 Å². The van der Waals surface area contributed by atoms with Crippen molar-refractivity contribution in [3.8, 4) is 11.1 Å². The van der Waals surface area contributed by atoms with E-state index in [0.717, 1.165) is 0 Å². The minimum Gasteiger partial charge on any atom is -0.224 e. The van der Waals surface area contributed by atoms with Gasteiger partial charge in [-0.1, -0.05) is 81.2 Å². The molecule has 8 heteroatoms. The largest absolute Gasteiger partial charge is 0.224 e. The van der Waals surface area contributed by atoms with Gasteiger partial charge < -0.3 is 0 Å². The SMILES string of the molecule is Clc1ccc(-c2c(Cl)c(Cl)c(Cl)c(Cl)c2Cl)c(Cl)n1. The first-order valence-electron chi connectivity index (χ1n) is 4.68. The van der Waals surface area contributed by atoms with Gasteiger partial charge in [0.15, 0.2) is 0 Å². The summed E-state index contributed by atoms with van der Waals surface area (Å²) in [4.78, 5) is 3.91. The summed E-state index contributed by atoms with van der Waals surface area (Å²) in [5, 5.41) is 0.940. The van der Waals surface area contributed by atoms with Crippen LogP contribution < -0.4 is 0 Å².